The van der Waals surface area contributed by atoms with Crippen LogP contribution >= 0.6 is 59.1 Å². The van der Waals surface area contributed by atoms with E-state index in [2.05, 4.69) is 79.0 Å². The van der Waals surface area contributed by atoms with Crippen molar-refractivity contribution in [3.63, 3.8) is 0 Å². The standard InChI is InChI=1S/C13H11Br3S/c1-2-9-4-6-12(17-9)13(16)10-7-8(14)3-5-11(10)15/h3-7,13H,2H2,1H3. The highest BCUT2D eigenvalue weighted by atomic mass is 79.9. The number of alkyl halides is 1. The summed E-state index contributed by atoms with van der Waals surface area (Å²) in [5, 5.41) is 0. The molecule has 1 unspecified atom stereocenters. The molecule has 0 radical (unpaired) electrons. The van der Waals surface area contributed by atoms with Crippen molar-refractivity contribution in [2.24, 2.45) is 0 Å². The van der Waals surface area contributed by atoms with Gasteiger partial charge in [-0.05, 0) is 42.3 Å². The van der Waals surface area contributed by atoms with Gasteiger partial charge in [-0.15, -0.1) is 11.3 Å². The molecule has 0 saturated heterocycles. The zero-order valence-corrected chi connectivity index (χ0v) is 14.8. The number of thiophene rings is 1. The molecular weight excluding hydrogens is 428 g/mol. The molecule has 1 aromatic carbocycles. The summed E-state index contributed by atoms with van der Waals surface area (Å²) in [5.74, 6) is 0. The van der Waals surface area contributed by atoms with Gasteiger partial charge < -0.3 is 0 Å². The van der Waals surface area contributed by atoms with Crippen LogP contribution in [0.4, 0.5) is 0 Å². The van der Waals surface area contributed by atoms with Gasteiger partial charge in [0.1, 0.15) is 0 Å². The van der Waals surface area contributed by atoms with Crippen molar-refractivity contribution < 1.29 is 0 Å². The van der Waals surface area contributed by atoms with Gasteiger partial charge in [0.15, 0.2) is 0 Å². The molecule has 0 saturated carbocycles. The van der Waals surface area contributed by atoms with E-state index < -0.39 is 0 Å². The van der Waals surface area contributed by atoms with Crippen molar-refractivity contribution >= 4 is 59.1 Å². The van der Waals surface area contributed by atoms with Gasteiger partial charge in [-0.2, -0.15) is 0 Å². The highest BCUT2D eigenvalue weighted by Gasteiger charge is 2.15. The Hall–Kier alpha value is 0.360. The second kappa shape index (κ2) is 6.00. The van der Waals surface area contributed by atoms with Crippen LogP contribution in [0.25, 0.3) is 0 Å². The molecule has 0 fully saturated rings. The van der Waals surface area contributed by atoms with E-state index >= 15 is 0 Å². The second-order valence-electron chi connectivity index (χ2n) is 3.69. The van der Waals surface area contributed by atoms with Crippen LogP contribution in [0.15, 0.2) is 39.3 Å². The zero-order valence-electron chi connectivity index (χ0n) is 9.21. The summed E-state index contributed by atoms with van der Waals surface area (Å²) in [6, 6.07) is 10.7. The van der Waals surface area contributed by atoms with Gasteiger partial charge in [0.05, 0.1) is 4.83 Å². The fourth-order valence-corrected chi connectivity index (χ4v) is 4.51. The molecule has 2 rings (SSSR count). The number of benzene rings is 1. The summed E-state index contributed by atoms with van der Waals surface area (Å²) in [5.41, 5.74) is 1.25. The van der Waals surface area contributed by atoms with Crippen molar-refractivity contribution in [3.8, 4) is 0 Å². The Kier molecular flexibility index (Phi) is 4.87. The van der Waals surface area contributed by atoms with Crippen LogP contribution in [0, 0.1) is 0 Å². The van der Waals surface area contributed by atoms with Gasteiger partial charge in [-0.1, -0.05) is 54.7 Å². The summed E-state index contributed by atoms with van der Waals surface area (Å²) >= 11 is 12.8. The molecule has 1 heterocycles. The van der Waals surface area contributed by atoms with E-state index in [4.69, 9.17) is 0 Å². The predicted octanol–water partition coefficient (Wildman–Crippen LogP) is 6.32. The Morgan fingerprint density at radius 1 is 1.18 bits per heavy atom. The molecule has 2 aromatic rings. The largest absolute Gasteiger partial charge is 0.144 e. The molecule has 17 heavy (non-hydrogen) atoms. The van der Waals surface area contributed by atoms with Gasteiger partial charge in [-0.3, -0.25) is 0 Å². The van der Waals surface area contributed by atoms with E-state index in [0.717, 1.165) is 15.4 Å². The Balaban J connectivity index is 2.35. The quantitative estimate of drug-likeness (QED) is 0.492. The predicted molar refractivity (Wildman–Crippen MR) is 86.3 cm³/mol. The molecular formula is C13H11Br3S. The average molecular weight is 439 g/mol. The molecule has 4 heteroatoms. The van der Waals surface area contributed by atoms with Gasteiger partial charge in [0.25, 0.3) is 0 Å². The first-order valence-corrected chi connectivity index (χ1v) is 8.61. The average Bonchev–Trinajstić information content (AvgIpc) is 2.80. The maximum atomic E-state index is 3.78. The van der Waals surface area contributed by atoms with Crippen molar-refractivity contribution in [1.82, 2.24) is 0 Å². The van der Waals surface area contributed by atoms with Gasteiger partial charge >= 0.3 is 0 Å². The van der Waals surface area contributed by atoms with E-state index in [0.29, 0.717) is 0 Å². The Morgan fingerprint density at radius 2 is 1.94 bits per heavy atom. The van der Waals surface area contributed by atoms with Crippen molar-refractivity contribution in [1.29, 1.82) is 0 Å². The number of halogens is 3. The Morgan fingerprint density at radius 3 is 2.59 bits per heavy atom. The second-order valence-corrected chi connectivity index (χ2v) is 7.57. The minimum atomic E-state index is 0.250. The fourth-order valence-electron chi connectivity index (χ4n) is 1.58. The number of aryl methyl sites for hydroxylation is 1. The van der Waals surface area contributed by atoms with E-state index in [9.17, 15) is 0 Å². The van der Waals surface area contributed by atoms with Gasteiger partial charge in [-0.25, -0.2) is 0 Å². The van der Waals surface area contributed by atoms with Crippen LogP contribution in [-0.4, -0.2) is 0 Å². The summed E-state index contributed by atoms with van der Waals surface area (Å²) in [6.07, 6.45) is 1.10. The molecule has 90 valence electrons. The maximum absolute atomic E-state index is 3.78. The first kappa shape index (κ1) is 13.8. The zero-order chi connectivity index (χ0) is 12.4. The summed E-state index contributed by atoms with van der Waals surface area (Å²) in [7, 11) is 0. The van der Waals surface area contributed by atoms with Crippen LogP contribution in [0.5, 0.6) is 0 Å². The molecule has 0 spiro atoms. The fraction of sp³-hybridized carbons (Fsp3) is 0.231. The van der Waals surface area contributed by atoms with E-state index in [1.54, 1.807) is 0 Å². The Labute approximate surface area is 131 Å². The third kappa shape index (κ3) is 3.22. The summed E-state index contributed by atoms with van der Waals surface area (Å²) < 4.78 is 2.24. The van der Waals surface area contributed by atoms with Gasteiger partial charge in [0, 0.05) is 18.7 Å². The lowest BCUT2D eigenvalue weighted by molar-refractivity contribution is 1.19. The van der Waals surface area contributed by atoms with Crippen LogP contribution in [-0.2, 0) is 6.42 Å². The number of hydrogen-bond donors (Lipinski definition) is 0. The molecule has 0 aliphatic heterocycles. The van der Waals surface area contributed by atoms with Crippen LogP contribution < -0.4 is 0 Å². The molecule has 0 bridgehead atoms. The van der Waals surface area contributed by atoms with Crippen molar-refractivity contribution in [2.75, 3.05) is 0 Å². The molecule has 1 aromatic heterocycles. The van der Waals surface area contributed by atoms with E-state index in [1.165, 1.54) is 15.3 Å². The molecule has 0 aliphatic rings. The number of rotatable bonds is 3. The third-order valence-electron chi connectivity index (χ3n) is 2.51. The lowest BCUT2D eigenvalue weighted by Crippen LogP contribution is -1.91. The lowest BCUT2D eigenvalue weighted by Gasteiger charge is -2.11. The topological polar surface area (TPSA) is 0 Å². The normalized spacial score (nSPS) is 12.7. The SMILES string of the molecule is CCc1ccc(C(Br)c2cc(Br)ccc2Br)s1. The lowest BCUT2D eigenvalue weighted by atomic mass is 10.1. The number of hydrogen-bond acceptors (Lipinski definition) is 1. The highest BCUT2D eigenvalue weighted by Crippen LogP contribution is 2.39. The first-order valence-electron chi connectivity index (χ1n) is 5.29. The summed E-state index contributed by atoms with van der Waals surface area (Å²) in [6.45, 7) is 2.19. The minimum absolute atomic E-state index is 0.250. The van der Waals surface area contributed by atoms with Crippen LogP contribution in [0.3, 0.4) is 0 Å². The minimum Gasteiger partial charge on any atom is -0.144 e. The van der Waals surface area contributed by atoms with E-state index in [-0.39, 0.29) is 4.83 Å². The smallest absolute Gasteiger partial charge is 0.0749 e. The summed E-state index contributed by atoms with van der Waals surface area (Å²) in [4.78, 5) is 3.02. The van der Waals surface area contributed by atoms with Crippen molar-refractivity contribution in [3.05, 3.63) is 54.6 Å². The van der Waals surface area contributed by atoms with Gasteiger partial charge in [0.2, 0.25) is 0 Å². The molecule has 0 amide bonds. The van der Waals surface area contributed by atoms with E-state index in [1.807, 2.05) is 17.4 Å². The van der Waals surface area contributed by atoms with Crippen molar-refractivity contribution in [2.45, 2.75) is 18.2 Å². The molecule has 0 N–H and O–H groups in total. The monoisotopic (exact) mass is 436 g/mol. The Bertz CT molecular complexity index is 519. The molecule has 0 aliphatic carbocycles. The highest BCUT2D eigenvalue weighted by molar-refractivity contribution is 9.11. The molecule has 1 atom stereocenters. The molecule has 0 nitrogen and oxygen atoms in total. The first-order chi connectivity index (χ1) is 8.11. The maximum Gasteiger partial charge on any atom is 0.0749 e. The van der Waals surface area contributed by atoms with Crippen LogP contribution in [0.2, 0.25) is 0 Å². The van der Waals surface area contributed by atoms with Crippen LogP contribution in [0.1, 0.15) is 27.1 Å². The third-order valence-corrected chi connectivity index (χ3v) is 6.31.